The third kappa shape index (κ3) is 8.75. The van der Waals surface area contributed by atoms with Gasteiger partial charge in [-0.1, -0.05) is 62.2 Å². The highest BCUT2D eigenvalue weighted by atomic mass is 35.5. The van der Waals surface area contributed by atoms with Crippen molar-refractivity contribution in [3.63, 3.8) is 0 Å². The standard InChI is InChI=1S/C26H33Cl2N3O4/c1-16(2)31(15-23(35-17(3)32)19-9-12-21(27)22(28)13-19)25(34)30-20-10-7-18(8-11-20)14-29-24(33)26(4,5)6/h7-13,16,23H,14-15H2,1-6H3,(H,29,33)(H,30,34). The van der Waals surface area contributed by atoms with Gasteiger partial charge in [-0.3, -0.25) is 9.59 Å². The zero-order valence-electron chi connectivity index (χ0n) is 20.9. The van der Waals surface area contributed by atoms with E-state index in [2.05, 4.69) is 10.6 Å². The number of amides is 3. The maximum Gasteiger partial charge on any atom is 0.322 e. The first kappa shape index (κ1) is 28.5. The Kier molecular flexibility index (Phi) is 9.98. The van der Waals surface area contributed by atoms with Crippen molar-refractivity contribution in [3.8, 4) is 0 Å². The molecule has 2 N–H and O–H groups in total. The predicted octanol–water partition coefficient (Wildman–Crippen LogP) is 6.20. The molecule has 3 amide bonds. The van der Waals surface area contributed by atoms with Crippen molar-refractivity contribution in [2.45, 2.75) is 60.2 Å². The Morgan fingerprint density at radius 1 is 1.00 bits per heavy atom. The Balaban J connectivity index is 2.11. The van der Waals surface area contributed by atoms with Gasteiger partial charge in [0.25, 0.3) is 0 Å². The number of carbonyl (C=O) groups is 3. The largest absolute Gasteiger partial charge is 0.456 e. The summed E-state index contributed by atoms with van der Waals surface area (Å²) in [7, 11) is 0. The average molecular weight is 522 g/mol. The Morgan fingerprint density at radius 3 is 2.14 bits per heavy atom. The number of hydrogen-bond acceptors (Lipinski definition) is 4. The van der Waals surface area contributed by atoms with Crippen LogP contribution in [0.25, 0.3) is 0 Å². The van der Waals surface area contributed by atoms with E-state index in [1.165, 1.54) is 6.92 Å². The minimum atomic E-state index is -0.718. The number of halogens is 2. The molecule has 2 aromatic rings. The van der Waals surface area contributed by atoms with Crippen molar-refractivity contribution in [1.29, 1.82) is 0 Å². The highest BCUT2D eigenvalue weighted by Gasteiger charge is 2.25. The van der Waals surface area contributed by atoms with Crippen molar-refractivity contribution in [2.75, 3.05) is 11.9 Å². The van der Waals surface area contributed by atoms with Gasteiger partial charge >= 0.3 is 12.0 Å². The number of nitrogens with one attached hydrogen (secondary N) is 2. The van der Waals surface area contributed by atoms with Gasteiger partial charge in [0.05, 0.1) is 16.6 Å². The lowest BCUT2D eigenvalue weighted by Crippen LogP contribution is -2.43. The van der Waals surface area contributed by atoms with E-state index >= 15 is 0 Å². The molecule has 0 radical (unpaired) electrons. The van der Waals surface area contributed by atoms with Crippen LogP contribution >= 0.6 is 23.2 Å². The number of ether oxygens (including phenoxy) is 1. The van der Waals surface area contributed by atoms with E-state index in [0.29, 0.717) is 27.8 Å². The van der Waals surface area contributed by atoms with Crippen molar-refractivity contribution in [2.24, 2.45) is 5.41 Å². The molecule has 35 heavy (non-hydrogen) atoms. The third-order valence-electron chi connectivity index (χ3n) is 5.21. The SMILES string of the molecule is CC(=O)OC(CN(C(=O)Nc1ccc(CNC(=O)C(C)(C)C)cc1)C(C)C)c1ccc(Cl)c(Cl)c1. The molecular weight excluding hydrogens is 489 g/mol. The number of nitrogens with zero attached hydrogens (tertiary/aromatic N) is 1. The van der Waals surface area contributed by atoms with Crippen LogP contribution in [0.5, 0.6) is 0 Å². The molecule has 1 atom stereocenters. The molecule has 2 aromatic carbocycles. The van der Waals surface area contributed by atoms with E-state index in [1.54, 1.807) is 35.2 Å². The summed E-state index contributed by atoms with van der Waals surface area (Å²) in [6.07, 6.45) is -0.718. The zero-order chi connectivity index (χ0) is 26.3. The van der Waals surface area contributed by atoms with Crippen LogP contribution in [0.1, 0.15) is 58.8 Å². The highest BCUT2D eigenvalue weighted by molar-refractivity contribution is 6.42. The fourth-order valence-electron chi connectivity index (χ4n) is 3.18. The van der Waals surface area contributed by atoms with Crippen molar-refractivity contribution >= 4 is 46.8 Å². The number of urea groups is 1. The molecule has 7 nitrogen and oxygen atoms in total. The second kappa shape index (κ2) is 12.3. The number of esters is 1. The molecule has 1 unspecified atom stereocenters. The molecule has 0 aromatic heterocycles. The van der Waals surface area contributed by atoms with Gasteiger partial charge in [-0.15, -0.1) is 0 Å². The van der Waals surface area contributed by atoms with Crippen LogP contribution in [-0.2, 0) is 20.9 Å². The molecule has 190 valence electrons. The van der Waals surface area contributed by atoms with Crippen LogP contribution in [-0.4, -0.2) is 35.4 Å². The van der Waals surface area contributed by atoms with Gasteiger partial charge in [-0.2, -0.15) is 0 Å². The minimum absolute atomic E-state index is 0.0354. The molecule has 0 aliphatic rings. The summed E-state index contributed by atoms with van der Waals surface area (Å²) in [6.45, 7) is 11.2. The first-order valence-corrected chi connectivity index (χ1v) is 12.1. The Bertz CT molecular complexity index is 1050. The van der Waals surface area contributed by atoms with E-state index in [1.807, 2.05) is 46.8 Å². The van der Waals surface area contributed by atoms with E-state index in [0.717, 1.165) is 5.56 Å². The molecule has 0 saturated heterocycles. The predicted molar refractivity (Wildman–Crippen MR) is 140 cm³/mol. The monoisotopic (exact) mass is 521 g/mol. The van der Waals surface area contributed by atoms with Gasteiger partial charge in [0.2, 0.25) is 5.91 Å². The van der Waals surface area contributed by atoms with E-state index in [-0.39, 0.29) is 24.5 Å². The Labute approximate surface area is 217 Å². The van der Waals surface area contributed by atoms with E-state index < -0.39 is 17.5 Å². The maximum absolute atomic E-state index is 13.1. The molecule has 0 bridgehead atoms. The van der Waals surface area contributed by atoms with Gasteiger partial charge in [-0.25, -0.2) is 4.79 Å². The number of hydrogen-bond donors (Lipinski definition) is 2. The second-order valence-corrected chi connectivity index (χ2v) is 10.4. The molecule has 0 aliphatic heterocycles. The highest BCUT2D eigenvalue weighted by Crippen LogP contribution is 2.28. The van der Waals surface area contributed by atoms with Gasteiger partial charge < -0.3 is 20.3 Å². The lowest BCUT2D eigenvalue weighted by molar-refractivity contribution is -0.147. The summed E-state index contributed by atoms with van der Waals surface area (Å²) in [6, 6.07) is 11.7. The molecule has 0 spiro atoms. The summed E-state index contributed by atoms with van der Waals surface area (Å²) in [5.74, 6) is -0.508. The fraction of sp³-hybridized carbons (Fsp3) is 0.423. The molecule has 0 heterocycles. The molecule has 0 fully saturated rings. The minimum Gasteiger partial charge on any atom is -0.456 e. The fourth-order valence-corrected chi connectivity index (χ4v) is 3.49. The van der Waals surface area contributed by atoms with Crippen molar-refractivity contribution in [3.05, 3.63) is 63.6 Å². The number of anilines is 1. The summed E-state index contributed by atoms with van der Waals surface area (Å²) >= 11 is 12.2. The molecular formula is C26H33Cl2N3O4. The van der Waals surface area contributed by atoms with Crippen LogP contribution in [0, 0.1) is 5.41 Å². The van der Waals surface area contributed by atoms with Crippen LogP contribution in [0.4, 0.5) is 10.5 Å². The van der Waals surface area contributed by atoms with Crippen molar-refractivity contribution < 1.29 is 19.1 Å². The average Bonchev–Trinajstić information content (AvgIpc) is 2.76. The smallest absolute Gasteiger partial charge is 0.322 e. The van der Waals surface area contributed by atoms with Crippen LogP contribution in [0.2, 0.25) is 10.0 Å². The molecule has 2 rings (SSSR count). The molecule has 0 aliphatic carbocycles. The number of rotatable bonds is 8. The first-order chi connectivity index (χ1) is 16.3. The summed E-state index contributed by atoms with van der Waals surface area (Å²) < 4.78 is 5.50. The summed E-state index contributed by atoms with van der Waals surface area (Å²) in [4.78, 5) is 38.5. The van der Waals surface area contributed by atoms with Gasteiger partial charge in [-0.05, 0) is 49.2 Å². The normalized spacial score (nSPS) is 12.1. The van der Waals surface area contributed by atoms with Gasteiger partial charge in [0.1, 0.15) is 6.10 Å². The topological polar surface area (TPSA) is 87.7 Å². The van der Waals surface area contributed by atoms with E-state index in [4.69, 9.17) is 27.9 Å². The molecule has 0 saturated carbocycles. The quantitative estimate of drug-likeness (QED) is 0.404. The lowest BCUT2D eigenvalue weighted by atomic mass is 9.95. The lowest BCUT2D eigenvalue weighted by Gasteiger charge is -2.31. The van der Waals surface area contributed by atoms with Crippen LogP contribution in [0.15, 0.2) is 42.5 Å². The zero-order valence-corrected chi connectivity index (χ0v) is 22.5. The number of benzene rings is 2. The van der Waals surface area contributed by atoms with Crippen LogP contribution < -0.4 is 10.6 Å². The van der Waals surface area contributed by atoms with Crippen LogP contribution in [0.3, 0.4) is 0 Å². The van der Waals surface area contributed by atoms with E-state index in [9.17, 15) is 14.4 Å². The molecule has 9 heteroatoms. The Morgan fingerprint density at radius 2 is 1.63 bits per heavy atom. The van der Waals surface area contributed by atoms with Gasteiger partial charge in [0.15, 0.2) is 0 Å². The maximum atomic E-state index is 13.1. The van der Waals surface area contributed by atoms with Crippen molar-refractivity contribution in [1.82, 2.24) is 10.2 Å². The first-order valence-electron chi connectivity index (χ1n) is 11.3. The number of carbonyl (C=O) groups excluding carboxylic acids is 3. The van der Waals surface area contributed by atoms with Gasteiger partial charge in [0, 0.05) is 30.6 Å². The summed E-state index contributed by atoms with van der Waals surface area (Å²) in [5, 5.41) is 6.50. The second-order valence-electron chi connectivity index (χ2n) is 9.58. The Hall–Kier alpha value is -2.77. The summed E-state index contributed by atoms with van der Waals surface area (Å²) in [5.41, 5.74) is 1.69. The third-order valence-corrected chi connectivity index (χ3v) is 5.95.